The van der Waals surface area contributed by atoms with Crippen LogP contribution in [-0.4, -0.2) is 41.8 Å². The first-order valence-corrected chi connectivity index (χ1v) is 7.91. The van der Waals surface area contributed by atoms with Gasteiger partial charge >= 0.3 is 5.97 Å². The molecule has 134 valence electrons. The van der Waals surface area contributed by atoms with E-state index in [1.807, 2.05) is 13.8 Å². The number of nitrogens with one attached hydrogen (secondary N) is 1. The fourth-order valence-corrected chi connectivity index (χ4v) is 2.15. The third-order valence-corrected chi connectivity index (χ3v) is 3.82. The molecule has 0 aliphatic carbocycles. The van der Waals surface area contributed by atoms with Gasteiger partial charge in [0.25, 0.3) is 5.91 Å². The zero-order valence-electron chi connectivity index (χ0n) is 14.4. The van der Waals surface area contributed by atoms with Gasteiger partial charge in [-0.3, -0.25) is 4.79 Å². The number of rotatable bonds is 8. The van der Waals surface area contributed by atoms with Crippen molar-refractivity contribution in [3.8, 4) is 17.2 Å². The lowest BCUT2D eigenvalue weighted by atomic mass is 9.99. The number of carbonyl (C=O) groups is 2. The van der Waals surface area contributed by atoms with E-state index in [0.29, 0.717) is 11.6 Å². The smallest absolute Gasteiger partial charge is 0.328 e. The highest BCUT2D eigenvalue weighted by Gasteiger charge is 2.26. The molecule has 2 rings (SSSR count). The average molecular weight is 347 g/mol. The molecule has 0 radical (unpaired) electrons. The molecule has 1 aromatic carbocycles. The Bertz CT molecular complexity index is 685. The van der Waals surface area contributed by atoms with Crippen LogP contribution in [0.2, 0.25) is 0 Å². The summed E-state index contributed by atoms with van der Waals surface area (Å²) in [5.41, 5.74) is 0.747. The van der Waals surface area contributed by atoms with Gasteiger partial charge in [0.15, 0.2) is 6.61 Å². The Hall–Kier alpha value is -2.90. The minimum Gasteiger partial charge on any atom is -0.484 e. The SMILES string of the molecule is CC[C@@H](C)[C@@H](NC(=O)COc1ccc(-c2nnco2)cc1)C(=O)OC. The fraction of sp³-hybridized carbons (Fsp3) is 0.412. The van der Waals surface area contributed by atoms with Gasteiger partial charge in [-0.15, -0.1) is 10.2 Å². The van der Waals surface area contributed by atoms with Crippen molar-refractivity contribution in [2.24, 2.45) is 5.92 Å². The van der Waals surface area contributed by atoms with E-state index >= 15 is 0 Å². The van der Waals surface area contributed by atoms with E-state index in [2.05, 4.69) is 15.5 Å². The third kappa shape index (κ3) is 5.03. The van der Waals surface area contributed by atoms with Crippen molar-refractivity contribution in [2.45, 2.75) is 26.3 Å². The maximum atomic E-state index is 12.0. The Morgan fingerprint density at radius 1 is 1.28 bits per heavy atom. The van der Waals surface area contributed by atoms with E-state index in [9.17, 15) is 9.59 Å². The number of hydrogen-bond donors (Lipinski definition) is 1. The lowest BCUT2D eigenvalue weighted by Crippen LogP contribution is -2.47. The number of aromatic nitrogens is 2. The first-order valence-electron chi connectivity index (χ1n) is 7.91. The summed E-state index contributed by atoms with van der Waals surface area (Å²) in [5.74, 6) is 0.0173. The van der Waals surface area contributed by atoms with Gasteiger partial charge in [0.1, 0.15) is 11.8 Å². The van der Waals surface area contributed by atoms with Crippen LogP contribution in [0.3, 0.4) is 0 Å². The molecule has 25 heavy (non-hydrogen) atoms. The largest absolute Gasteiger partial charge is 0.484 e. The number of nitrogens with zero attached hydrogens (tertiary/aromatic N) is 2. The summed E-state index contributed by atoms with van der Waals surface area (Å²) in [5, 5.41) is 10.1. The van der Waals surface area contributed by atoms with E-state index < -0.39 is 17.9 Å². The number of esters is 1. The zero-order valence-corrected chi connectivity index (χ0v) is 14.4. The number of ether oxygens (including phenoxy) is 2. The van der Waals surface area contributed by atoms with Crippen molar-refractivity contribution >= 4 is 11.9 Å². The third-order valence-electron chi connectivity index (χ3n) is 3.82. The summed E-state index contributed by atoms with van der Waals surface area (Å²) in [6, 6.07) is 6.19. The highest BCUT2D eigenvalue weighted by Crippen LogP contribution is 2.20. The van der Waals surface area contributed by atoms with Gasteiger partial charge in [-0.2, -0.15) is 0 Å². The van der Waals surface area contributed by atoms with Crippen LogP contribution >= 0.6 is 0 Å². The van der Waals surface area contributed by atoms with Crippen molar-refractivity contribution < 1.29 is 23.5 Å². The van der Waals surface area contributed by atoms with E-state index in [1.165, 1.54) is 13.5 Å². The van der Waals surface area contributed by atoms with Crippen molar-refractivity contribution in [3.05, 3.63) is 30.7 Å². The van der Waals surface area contributed by atoms with Crippen molar-refractivity contribution in [2.75, 3.05) is 13.7 Å². The molecule has 2 atom stereocenters. The molecule has 0 aliphatic rings. The highest BCUT2D eigenvalue weighted by atomic mass is 16.5. The summed E-state index contributed by atoms with van der Waals surface area (Å²) in [7, 11) is 1.30. The molecule has 1 aromatic heterocycles. The van der Waals surface area contributed by atoms with Gasteiger partial charge in [0.05, 0.1) is 7.11 Å². The summed E-state index contributed by atoms with van der Waals surface area (Å²) in [6.07, 6.45) is 1.98. The Kier molecular flexibility index (Phi) is 6.50. The average Bonchev–Trinajstić information content (AvgIpc) is 3.18. The van der Waals surface area contributed by atoms with E-state index in [-0.39, 0.29) is 12.5 Å². The molecule has 0 spiro atoms. The molecule has 8 nitrogen and oxygen atoms in total. The maximum Gasteiger partial charge on any atom is 0.328 e. The van der Waals surface area contributed by atoms with Gasteiger partial charge in [-0.05, 0) is 30.2 Å². The van der Waals surface area contributed by atoms with Crippen molar-refractivity contribution in [3.63, 3.8) is 0 Å². The summed E-state index contributed by atoms with van der Waals surface area (Å²) >= 11 is 0. The molecule has 2 aromatic rings. The second-order valence-corrected chi connectivity index (χ2v) is 5.51. The maximum absolute atomic E-state index is 12.0. The second kappa shape index (κ2) is 8.81. The predicted octanol–water partition coefficient (Wildman–Crippen LogP) is 1.82. The van der Waals surface area contributed by atoms with Crippen LogP contribution in [0, 0.1) is 5.92 Å². The Morgan fingerprint density at radius 2 is 2.00 bits per heavy atom. The summed E-state index contributed by atoms with van der Waals surface area (Å²) < 4.78 is 15.3. The second-order valence-electron chi connectivity index (χ2n) is 5.51. The van der Waals surface area contributed by atoms with E-state index in [4.69, 9.17) is 13.9 Å². The van der Waals surface area contributed by atoms with E-state index in [1.54, 1.807) is 24.3 Å². The van der Waals surface area contributed by atoms with Crippen LogP contribution in [0.25, 0.3) is 11.5 Å². The molecule has 1 amide bonds. The number of carbonyl (C=O) groups excluding carboxylic acids is 2. The Labute approximate surface area is 145 Å². The molecule has 0 saturated carbocycles. The number of benzene rings is 1. The molecule has 0 aliphatic heterocycles. The summed E-state index contributed by atoms with van der Waals surface area (Å²) in [4.78, 5) is 23.8. The number of hydrogen-bond acceptors (Lipinski definition) is 7. The van der Waals surface area contributed by atoms with Crippen LogP contribution in [0.5, 0.6) is 5.75 Å². The van der Waals surface area contributed by atoms with Crippen molar-refractivity contribution in [1.82, 2.24) is 15.5 Å². The highest BCUT2D eigenvalue weighted by molar-refractivity contribution is 5.85. The number of methoxy groups -OCH3 is 1. The minimum absolute atomic E-state index is 0.0370. The fourth-order valence-electron chi connectivity index (χ4n) is 2.15. The lowest BCUT2D eigenvalue weighted by Gasteiger charge is -2.21. The van der Waals surface area contributed by atoms with Crippen LogP contribution in [-0.2, 0) is 14.3 Å². The molecule has 8 heteroatoms. The minimum atomic E-state index is -0.689. The van der Waals surface area contributed by atoms with E-state index in [0.717, 1.165) is 12.0 Å². The number of amides is 1. The van der Waals surface area contributed by atoms with Gasteiger partial charge in [0.2, 0.25) is 12.3 Å². The molecule has 1 N–H and O–H groups in total. The topological polar surface area (TPSA) is 104 Å². The molecule has 0 unspecified atom stereocenters. The standard InChI is InChI=1S/C17H21N3O5/c1-4-11(2)15(17(22)23-3)19-14(21)9-24-13-7-5-12(6-8-13)16-20-18-10-25-16/h5-8,10-11,15H,4,9H2,1-3H3,(H,19,21)/t11-,15-/m1/s1. The molecule has 0 saturated heterocycles. The van der Waals surface area contributed by atoms with Crippen LogP contribution in [0.4, 0.5) is 0 Å². The first kappa shape index (κ1) is 18.4. The van der Waals surface area contributed by atoms with Crippen LogP contribution < -0.4 is 10.1 Å². The van der Waals surface area contributed by atoms with Gasteiger partial charge in [-0.25, -0.2) is 4.79 Å². The van der Waals surface area contributed by atoms with Crippen LogP contribution in [0.1, 0.15) is 20.3 Å². The Balaban J connectivity index is 1.89. The molecular formula is C17H21N3O5. The predicted molar refractivity (Wildman–Crippen MR) is 88.6 cm³/mol. The quantitative estimate of drug-likeness (QED) is 0.726. The lowest BCUT2D eigenvalue weighted by molar-refractivity contribution is -0.146. The first-order chi connectivity index (χ1) is 12.0. The molecule has 1 heterocycles. The van der Waals surface area contributed by atoms with Crippen molar-refractivity contribution in [1.29, 1.82) is 0 Å². The monoisotopic (exact) mass is 347 g/mol. The van der Waals surface area contributed by atoms with Crippen LogP contribution in [0.15, 0.2) is 35.1 Å². The molecular weight excluding hydrogens is 326 g/mol. The van der Waals surface area contributed by atoms with Gasteiger partial charge in [-0.1, -0.05) is 20.3 Å². The van der Waals surface area contributed by atoms with Gasteiger partial charge < -0.3 is 19.2 Å². The van der Waals surface area contributed by atoms with Gasteiger partial charge in [0, 0.05) is 5.56 Å². The zero-order chi connectivity index (χ0) is 18.2. The molecule has 0 bridgehead atoms. The normalized spacial score (nSPS) is 12.9. The Morgan fingerprint density at radius 3 is 2.56 bits per heavy atom. The summed E-state index contributed by atoms with van der Waals surface area (Å²) in [6.45, 7) is 3.61. The molecule has 0 fully saturated rings.